The second-order valence-electron chi connectivity index (χ2n) is 3.53. The Balaban J connectivity index is 2.32. The molecule has 15 heavy (non-hydrogen) atoms. The van der Waals surface area contributed by atoms with Crippen molar-refractivity contribution in [2.75, 3.05) is 19.6 Å². The predicted octanol–water partition coefficient (Wildman–Crippen LogP) is 1.15. The largest absolute Gasteiger partial charge is 0.383 e. The van der Waals surface area contributed by atoms with E-state index in [1.54, 1.807) is 11.8 Å². The van der Waals surface area contributed by atoms with Crippen molar-refractivity contribution in [3.05, 3.63) is 18.0 Å². The Labute approximate surface area is 95.6 Å². The number of methoxy groups -OCH3 is 1. The van der Waals surface area contributed by atoms with Crippen LogP contribution in [0.4, 0.5) is 0 Å². The second kappa shape index (κ2) is 6.82. The lowest BCUT2D eigenvalue weighted by Crippen LogP contribution is -2.33. The highest BCUT2D eigenvalue weighted by Gasteiger charge is 2.07. The predicted molar refractivity (Wildman–Crippen MR) is 61.0 cm³/mol. The summed E-state index contributed by atoms with van der Waals surface area (Å²) < 4.78 is 6.90. The molecule has 0 bridgehead atoms. The van der Waals surface area contributed by atoms with Crippen molar-refractivity contribution >= 4 is 11.6 Å². The van der Waals surface area contributed by atoms with E-state index in [1.807, 2.05) is 19.4 Å². The maximum atomic E-state index is 5.71. The Morgan fingerprint density at radius 2 is 2.47 bits per heavy atom. The number of nitrogens with one attached hydrogen (secondary N) is 1. The number of aromatic nitrogens is 2. The molecule has 5 heteroatoms. The zero-order chi connectivity index (χ0) is 11.1. The van der Waals surface area contributed by atoms with Gasteiger partial charge < -0.3 is 10.1 Å². The highest BCUT2D eigenvalue weighted by molar-refractivity contribution is 6.17. The Morgan fingerprint density at radius 1 is 1.67 bits per heavy atom. The van der Waals surface area contributed by atoms with E-state index in [1.165, 1.54) is 5.56 Å². The molecule has 0 spiro atoms. The molecule has 4 nitrogen and oxygen atoms in total. The molecule has 0 amide bonds. The van der Waals surface area contributed by atoms with E-state index in [-0.39, 0.29) is 0 Å². The third-order valence-electron chi connectivity index (χ3n) is 2.18. The van der Waals surface area contributed by atoms with Gasteiger partial charge in [-0.2, -0.15) is 5.10 Å². The van der Waals surface area contributed by atoms with Crippen LogP contribution in [0.25, 0.3) is 0 Å². The maximum Gasteiger partial charge on any atom is 0.0616 e. The highest BCUT2D eigenvalue weighted by atomic mass is 35.5. The van der Waals surface area contributed by atoms with Gasteiger partial charge >= 0.3 is 0 Å². The summed E-state index contributed by atoms with van der Waals surface area (Å²) in [4.78, 5) is 0. The summed E-state index contributed by atoms with van der Waals surface area (Å²) in [5.74, 6) is 0.647. The molecule has 0 saturated carbocycles. The molecular weight excluding hydrogens is 214 g/mol. The van der Waals surface area contributed by atoms with E-state index < -0.39 is 0 Å². The number of rotatable bonds is 7. The fourth-order valence-corrected chi connectivity index (χ4v) is 1.67. The molecule has 86 valence electrons. The number of aryl methyl sites for hydroxylation is 1. The fraction of sp³-hybridized carbons (Fsp3) is 0.700. The van der Waals surface area contributed by atoms with Crippen molar-refractivity contribution in [1.82, 2.24) is 15.1 Å². The van der Waals surface area contributed by atoms with Crippen LogP contribution in [-0.4, -0.2) is 35.4 Å². The average molecular weight is 232 g/mol. The van der Waals surface area contributed by atoms with Gasteiger partial charge in [-0.1, -0.05) is 0 Å². The van der Waals surface area contributed by atoms with Crippen LogP contribution in [0, 0.1) is 0 Å². The smallest absolute Gasteiger partial charge is 0.0616 e. The molecule has 0 fully saturated rings. The lowest BCUT2D eigenvalue weighted by Gasteiger charge is -2.15. The van der Waals surface area contributed by atoms with Gasteiger partial charge in [0, 0.05) is 44.4 Å². The standard InChI is InChI=1S/C10H18ClN3O/c1-14-7-9(6-13-14)5-12-10(3-4-11)8-15-2/h6-7,10,12H,3-5,8H2,1-2H3. The van der Waals surface area contributed by atoms with E-state index >= 15 is 0 Å². The monoisotopic (exact) mass is 231 g/mol. The van der Waals surface area contributed by atoms with Crippen molar-refractivity contribution in [1.29, 1.82) is 0 Å². The Kier molecular flexibility index (Phi) is 5.68. The molecule has 1 N–H and O–H groups in total. The summed E-state index contributed by atoms with van der Waals surface area (Å²) in [7, 11) is 3.61. The second-order valence-corrected chi connectivity index (χ2v) is 3.91. The van der Waals surface area contributed by atoms with E-state index in [0.717, 1.165) is 13.0 Å². The average Bonchev–Trinajstić information content (AvgIpc) is 2.61. The van der Waals surface area contributed by atoms with Crippen LogP contribution in [0.15, 0.2) is 12.4 Å². The minimum Gasteiger partial charge on any atom is -0.383 e. The Hall–Kier alpha value is -0.580. The molecule has 0 aliphatic heterocycles. The number of nitrogens with zero attached hydrogens (tertiary/aromatic N) is 2. The minimum absolute atomic E-state index is 0.313. The first-order valence-electron chi connectivity index (χ1n) is 5.02. The quantitative estimate of drug-likeness (QED) is 0.716. The molecule has 1 atom stereocenters. The summed E-state index contributed by atoms with van der Waals surface area (Å²) in [6.07, 6.45) is 4.77. The van der Waals surface area contributed by atoms with Crippen LogP contribution in [0.5, 0.6) is 0 Å². The number of alkyl halides is 1. The van der Waals surface area contributed by atoms with Crippen molar-refractivity contribution < 1.29 is 4.74 Å². The minimum atomic E-state index is 0.313. The van der Waals surface area contributed by atoms with E-state index in [4.69, 9.17) is 16.3 Å². The van der Waals surface area contributed by atoms with E-state index in [2.05, 4.69) is 10.4 Å². The lowest BCUT2D eigenvalue weighted by molar-refractivity contribution is 0.164. The number of hydrogen-bond donors (Lipinski definition) is 1. The van der Waals surface area contributed by atoms with E-state index in [0.29, 0.717) is 18.5 Å². The summed E-state index contributed by atoms with van der Waals surface area (Å²) >= 11 is 5.71. The van der Waals surface area contributed by atoms with Crippen molar-refractivity contribution in [2.24, 2.45) is 7.05 Å². The topological polar surface area (TPSA) is 39.1 Å². The summed E-state index contributed by atoms with van der Waals surface area (Å²) in [5, 5.41) is 7.49. The van der Waals surface area contributed by atoms with Gasteiger partial charge in [0.15, 0.2) is 0 Å². The van der Waals surface area contributed by atoms with Crippen LogP contribution in [0.2, 0.25) is 0 Å². The van der Waals surface area contributed by atoms with Gasteiger partial charge in [0.25, 0.3) is 0 Å². The van der Waals surface area contributed by atoms with Crippen molar-refractivity contribution in [2.45, 2.75) is 19.0 Å². The van der Waals surface area contributed by atoms with Crippen molar-refractivity contribution in [3.8, 4) is 0 Å². The van der Waals surface area contributed by atoms with Crippen LogP contribution in [0.3, 0.4) is 0 Å². The summed E-state index contributed by atoms with van der Waals surface area (Å²) in [6.45, 7) is 1.49. The van der Waals surface area contributed by atoms with Gasteiger partial charge in [0.2, 0.25) is 0 Å². The molecule has 0 saturated heterocycles. The number of hydrogen-bond acceptors (Lipinski definition) is 3. The number of ether oxygens (including phenoxy) is 1. The lowest BCUT2D eigenvalue weighted by atomic mass is 10.2. The summed E-state index contributed by atoms with van der Waals surface area (Å²) in [6, 6.07) is 0.313. The normalized spacial score (nSPS) is 13.0. The van der Waals surface area contributed by atoms with Crippen LogP contribution in [-0.2, 0) is 18.3 Å². The Bertz CT molecular complexity index is 271. The zero-order valence-electron chi connectivity index (χ0n) is 9.24. The molecule has 1 aromatic rings. The van der Waals surface area contributed by atoms with Crippen LogP contribution < -0.4 is 5.32 Å². The molecule has 0 radical (unpaired) electrons. The third kappa shape index (κ3) is 4.64. The molecule has 0 aliphatic rings. The molecular formula is C10H18ClN3O. The molecule has 1 rings (SSSR count). The van der Waals surface area contributed by atoms with Gasteiger partial charge in [-0.15, -0.1) is 11.6 Å². The molecule has 0 aliphatic carbocycles. The zero-order valence-corrected chi connectivity index (χ0v) is 10.00. The first kappa shape index (κ1) is 12.5. The first-order valence-corrected chi connectivity index (χ1v) is 5.55. The third-order valence-corrected chi connectivity index (χ3v) is 2.40. The molecule has 0 aromatic carbocycles. The summed E-state index contributed by atoms with van der Waals surface area (Å²) in [5.41, 5.74) is 1.17. The molecule has 1 unspecified atom stereocenters. The van der Waals surface area contributed by atoms with Gasteiger partial charge in [-0.05, 0) is 6.42 Å². The van der Waals surface area contributed by atoms with Crippen molar-refractivity contribution in [3.63, 3.8) is 0 Å². The van der Waals surface area contributed by atoms with Gasteiger partial charge in [0.05, 0.1) is 12.8 Å². The van der Waals surface area contributed by atoms with Gasteiger partial charge in [-0.25, -0.2) is 0 Å². The van der Waals surface area contributed by atoms with E-state index in [9.17, 15) is 0 Å². The van der Waals surface area contributed by atoms with Gasteiger partial charge in [-0.3, -0.25) is 4.68 Å². The number of halogens is 1. The molecule has 1 aromatic heterocycles. The van der Waals surface area contributed by atoms with Gasteiger partial charge in [0.1, 0.15) is 0 Å². The molecule has 1 heterocycles. The SMILES string of the molecule is COCC(CCCl)NCc1cnn(C)c1. The highest BCUT2D eigenvalue weighted by Crippen LogP contribution is 2.00. The van der Waals surface area contributed by atoms with Crippen LogP contribution in [0.1, 0.15) is 12.0 Å². The fourth-order valence-electron chi connectivity index (χ4n) is 1.40. The first-order chi connectivity index (χ1) is 7.26. The van der Waals surface area contributed by atoms with Crippen LogP contribution >= 0.6 is 11.6 Å². The maximum absolute atomic E-state index is 5.71. The Morgan fingerprint density at radius 3 is 3.00 bits per heavy atom.